The zero-order chi connectivity index (χ0) is 14.9. The molecule has 0 unspecified atom stereocenters. The number of rotatable bonds is 2. The lowest BCUT2D eigenvalue weighted by molar-refractivity contribution is -0.136. The third-order valence-electron chi connectivity index (χ3n) is 4.18. The molecule has 5 heteroatoms. The molecule has 2 atom stereocenters. The average molecular weight is 288 g/mol. The van der Waals surface area contributed by atoms with Crippen LogP contribution in [0, 0.1) is 5.92 Å². The summed E-state index contributed by atoms with van der Waals surface area (Å²) in [6, 6.07) is -0.295. The summed E-state index contributed by atoms with van der Waals surface area (Å²) in [5.74, 6) is -0.0969. The molecule has 0 radical (unpaired) electrons. The third-order valence-corrected chi connectivity index (χ3v) is 4.18. The van der Waals surface area contributed by atoms with Crippen LogP contribution in [0.5, 0.6) is 0 Å². The summed E-state index contributed by atoms with van der Waals surface area (Å²) in [5, 5.41) is 3.23. The summed E-state index contributed by atoms with van der Waals surface area (Å²) in [7, 11) is 0. The predicted molar refractivity (Wildman–Crippen MR) is 75.0 cm³/mol. The minimum atomic E-state index is -1.02. The highest BCUT2D eigenvalue weighted by Gasteiger charge is 2.39. The fraction of sp³-hybridized carbons (Fsp3) is 0.933. The van der Waals surface area contributed by atoms with Gasteiger partial charge in [-0.2, -0.15) is 0 Å². The van der Waals surface area contributed by atoms with Crippen LogP contribution in [0.25, 0.3) is 0 Å². The van der Waals surface area contributed by atoms with E-state index in [4.69, 9.17) is 0 Å². The molecule has 1 aliphatic carbocycles. The van der Waals surface area contributed by atoms with Crippen LogP contribution in [-0.4, -0.2) is 47.8 Å². The number of carbonyl (C=O) groups excluding carboxylic acids is 1. The molecule has 20 heavy (non-hydrogen) atoms. The molecule has 1 N–H and O–H groups in total. The summed E-state index contributed by atoms with van der Waals surface area (Å²) >= 11 is 0. The van der Waals surface area contributed by atoms with Gasteiger partial charge in [-0.15, -0.1) is 0 Å². The van der Waals surface area contributed by atoms with Crippen molar-refractivity contribution in [3.8, 4) is 0 Å². The Hall–Kier alpha value is -0.710. The van der Waals surface area contributed by atoms with Gasteiger partial charge in [-0.3, -0.25) is 4.79 Å². The van der Waals surface area contributed by atoms with E-state index in [9.17, 15) is 13.6 Å². The van der Waals surface area contributed by atoms with Crippen LogP contribution in [-0.2, 0) is 4.79 Å². The molecule has 1 heterocycles. The molecule has 3 nitrogen and oxygen atoms in total. The van der Waals surface area contributed by atoms with Crippen molar-refractivity contribution in [3.63, 3.8) is 0 Å². The molecular formula is C15H26F2N2O. The first-order chi connectivity index (χ1) is 9.26. The fourth-order valence-corrected chi connectivity index (χ4v) is 3.19. The Morgan fingerprint density at radius 3 is 2.25 bits per heavy atom. The second-order valence-electron chi connectivity index (χ2n) is 7.21. The van der Waals surface area contributed by atoms with Gasteiger partial charge >= 0.3 is 0 Å². The molecule has 2 fully saturated rings. The lowest BCUT2D eigenvalue weighted by Crippen LogP contribution is -2.48. The van der Waals surface area contributed by atoms with Crippen molar-refractivity contribution in [3.05, 3.63) is 0 Å². The maximum absolute atomic E-state index is 14.0. The number of nitrogens with one attached hydrogen (secondary N) is 1. The van der Waals surface area contributed by atoms with Crippen LogP contribution in [0.15, 0.2) is 0 Å². The van der Waals surface area contributed by atoms with Crippen molar-refractivity contribution >= 4 is 5.91 Å². The zero-order valence-electron chi connectivity index (χ0n) is 12.7. The van der Waals surface area contributed by atoms with Crippen LogP contribution in [0.2, 0.25) is 0 Å². The van der Waals surface area contributed by atoms with Gasteiger partial charge in [0.1, 0.15) is 12.3 Å². The van der Waals surface area contributed by atoms with Crippen molar-refractivity contribution in [1.29, 1.82) is 0 Å². The van der Waals surface area contributed by atoms with Crippen molar-refractivity contribution in [1.82, 2.24) is 10.2 Å². The third kappa shape index (κ3) is 3.90. The number of likely N-dealkylation sites (tertiary alicyclic amines) is 1. The quantitative estimate of drug-likeness (QED) is 0.846. The zero-order valence-corrected chi connectivity index (χ0v) is 12.7. The van der Waals surface area contributed by atoms with E-state index in [0.29, 0.717) is 32.2 Å². The van der Waals surface area contributed by atoms with Gasteiger partial charge in [0.2, 0.25) is 5.91 Å². The smallest absolute Gasteiger partial charge is 0.225 e. The number of nitrogens with zero attached hydrogens (tertiary/aromatic N) is 1. The van der Waals surface area contributed by atoms with Gasteiger partial charge in [-0.1, -0.05) is 0 Å². The van der Waals surface area contributed by atoms with Crippen LogP contribution in [0.4, 0.5) is 8.78 Å². The van der Waals surface area contributed by atoms with Gasteiger partial charge in [0.05, 0.1) is 12.6 Å². The number of hydrogen-bond acceptors (Lipinski definition) is 2. The van der Waals surface area contributed by atoms with Crippen molar-refractivity contribution in [2.75, 3.05) is 13.1 Å². The lowest BCUT2D eigenvalue weighted by Gasteiger charge is -2.29. The Kier molecular flexibility index (Phi) is 4.67. The summed E-state index contributed by atoms with van der Waals surface area (Å²) < 4.78 is 27.2. The van der Waals surface area contributed by atoms with Crippen LogP contribution in [0.1, 0.15) is 46.5 Å². The minimum absolute atomic E-state index is 0.0118. The molecule has 1 aliphatic heterocycles. The highest BCUT2D eigenvalue weighted by Crippen LogP contribution is 2.29. The molecule has 0 spiro atoms. The molecule has 0 bridgehead atoms. The Morgan fingerprint density at radius 1 is 1.10 bits per heavy atom. The fourth-order valence-electron chi connectivity index (χ4n) is 3.19. The van der Waals surface area contributed by atoms with E-state index in [1.165, 1.54) is 0 Å². The van der Waals surface area contributed by atoms with Crippen LogP contribution >= 0.6 is 0 Å². The highest BCUT2D eigenvalue weighted by atomic mass is 19.1. The Balaban J connectivity index is 1.89. The van der Waals surface area contributed by atoms with Gasteiger partial charge in [0.25, 0.3) is 0 Å². The monoisotopic (exact) mass is 288 g/mol. The molecule has 0 aromatic rings. The lowest BCUT2D eigenvalue weighted by atomic mass is 9.87. The maximum Gasteiger partial charge on any atom is 0.225 e. The van der Waals surface area contributed by atoms with Gasteiger partial charge in [0, 0.05) is 18.0 Å². The van der Waals surface area contributed by atoms with Crippen molar-refractivity contribution in [2.45, 2.75) is 70.4 Å². The SMILES string of the molecule is CC(C)(C)N[C@@H]1CN(C(=O)C2CCC(F)CC2)C[C@@H]1F. The Labute approximate surface area is 120 Å². The molecule has 2 aliphatic rings. The van der Waals surface area contributed by atoms with Crippen molar-refractivity contribution in [2.24, 2.45) is 5.92 Å². The normalized spacial score (nSPS) is 35.4. The van der Waals surface area contributed by atoms with Gasteiger partial charge in [-0.05, 0) is 46.5 Å². The molecule has 0 aromatic carbocycles. The van der Waals surface area contributed by atoms with Crippen LogP contribution < -0.4 is 5.32 Å². The number of halogens is 2. The molecule has 1 saturated carbocycles. The first kappa shape index (κ1) is 15.7. The Bertz CT molecular complexity index is 348. The minimum Gasteiger partial charge on any atom is -0.338 e. The first-order valence-electron chi connectivity index (χ1n) is 7.61. The van der Waals surface area contributed by atoms with E-state index in [0.717, 1.165) is 0 Å². The second kappa shape index (κ2) is 5.96. The van der Waals surface area contributed by atoms with E-state index in [1.807, 2.05) is 20.8 Å². The Morgan fingerprint density at radius 2 is 1.70 bits per heavy atom. The first-order valence-corrected chi connectivity index (χ1v) is 7.61. The number of amides is 1. The summed E-state index contributed by atoms with van der Waals surface area (Å²) in [4.78, 5) is 14.0. The molecule has 1 amide bonds. The summed E-state index contributed by atoms with van der Waals surface area (Å²) in [5.41, 5.74) is -0.166. The van der Waals surface area contributed by atoms with Crippen molar-refractivity contribution < 1.29 is 13.6 Å². The molecule has 2 rings (SSSR count). The number of alkyl halides is 2. The number of hydrogen-bond donors (Lipinski definition) is 1. The molecular weight excluding hydrogens is 262 g/mol. The summed E-state index contributed by atoms with van der Waals surface area (Å²) in [6.45, 7) is 6.57. The van der Waals surface area contributed by atoms with E-state index in [1.54, 1.807) is 4.90 Å². The van der Waals surface area contributed by atoms with Gasteiger partial charge in [0.15, 0.2) is 0 Å². The van der Waals surface area contributed by atoms with E-state index < -0.39 is 12.3 Å². The van der Waals surface area contributed by atoms with Crippen LogP contribution in [0.3, 0.4) is 0 Å². The largest absolute Gasteiger partial charge is 0.338 e. The average Bonchev–Trinajstić information content (AvgIpc) is 2.69. The standard InChI is InChI=1S/C15H26F2N2O/c1-15(2,3)18-13-9-19(8-12(13)17)14(20)10-4-6-11(16)7-5-10/h10-13,18H,4-9H2,1-3H3/t10?,11?,12-,13+/m0/s1. The second-order valence-corrected chi connectivity index (χ2v) is 7.21. The van der Waals surface area contributed by atoms with Gasteiger partial charge in [-0.25, -0.2) is 8.78 Å². The molecule has 116 valence electrons. The van der Waals surface area contributed by atoms with E-state index in [-0.39, 0.29) is 30.0 Å². The predicted octanol–water partition coefficient (Wildman–Crippen LogP) is 2.45. The number of carbonyl (C=O) groups is 1. The maximum atomic E-state index is 14.0. The highest BCUT2D eigenvalue weighted by molar-refractivity contribution is 5.79. The topological polar surface area (TPSA) is 32.3 Å². The van der Waals surface area contributed by atoms with E-state index >= 15 is 0 Å². The van der Waals surface area contributed by atoms with Gasteiger partial charge < -0.3 is 10.2 Å². The molecule has 1 saturated heterocycles. The van der Waals surface area contributed by atoms with E-state index in [2.05, 4.69) is 5.32 Å². The summed E-state index contributed by atoms with van der Waals surface area (Å²) in [6.07, 6.45) is 0.354. The molecule has 0 aromatic heterocycles.